The van der Waals surface area contributed by atoms with E-state index in [-0.39, 0.29) is 0 Å². The average Bonchev–Trinajstić information content (AvgIpc) is 3.01. The first-order valence-corrected chi connectivity index (χ1v) is 12.0. The van der Waals surface area contributed by atoms with Gasteiger partial charge in [0, 0.05) is 18.0 Å². The summed E-state index contributed by atoms with van der Waals surface area (Å²) in [5.41, 5.74) is 0.580. The van der Waals surface area contributed by atoms with Crippen LogP contribution in [0.5, 0.6) is 0 Å². The van der Waals surface area contributed by atoms with E-state index >= 15 is 0 Å². The molecule has 2 fully saturated rings. The summed E-state index contributed by atoms with van der Waals surface area (Å²) in [4.78, 5) is 12.8. The van der Waals surface area contributed by atoms with Crippen molar-refractivity contribution < 1.29 is 0 Å². The summed E-state index contributed by atoms with van der Waals surface area (Å²) in [5.74, 6) is 1.86. The molecule has 1 spiro atoms. The molecule has 1 saturated heterocycles. The minimum Gasteiger partial charge on any atom is -0.355 e. The van der Waals surface area contributed by atoms with Crippen molar-refractivity contribution in [2.75, 3.05) is 18.0 Å². The van der Waals surface area contributed by atoms with Crippen LogP contribution in [0.15, 0.2) is 34.3 Å². The topological polar surface area (TPSA) is 29.0 Å². The van der Waals surface area contributed by atoms with Crippen LogP contribution in [0.3, 0.4) is 0 Å². The largest absolute Gasteiger partial charge is 0.355 e. The minimum atomic E-state index is 0.560. The average molecular weight is 534 g/mol. The first kappa shape index (κ1) is 20.0. The quantitative estimate of drug-likeness (QED) is 0.399. The van der Waals surface area contributed by atoms with Crippen molar-refractivity contribution in [1.82, 2.24) is 9.97 Å². The Balaban J connectivity index is 1.47. The molecule has 0 radical (unpaired) electrons. The van der Waals surface area contributed by atoms with Gasteiger partial charge < -0.3 is 4.90 Å². The van der Waals surface area contributed by atoms with Crippen LogP contribution in [-0.4, -0.2) is 23.1 Å². The molecule has 1 aliphatic heterocycles. The fraction of sp³-hybridized carbons (Fsp3) is 0.500. The number of nitrogens with zero attached hydrogens (tertiary/aromatic N) is 3. The molecule has 0 amide bonds. The van der Waals surface area contributed by atoms with Crippen molar-refractivity contribution in [1.29, 1.82) is 0 Å². The molecule has 2 heterocycles. The van der Waals surface area contributed by atoms with Gasteiger partial charge in [-0.15, -0.1) is 0 Å². The number of rotatable bonds is 3. The summed E-state index contributed by atoms with van der Waals surface area (Å²) in [5, 5.41) is 1.99. The first-order valence-electron chi connectivity index (χ1n) is 9.38. The number of piperidine rings is 1. The Labute approximate surface area is 188 Å². The molecular weight excluding hydrogens is 512 g/mol. The van der Waals surface area contributed by atoms with Crippen molar-refractivity contribution in [3.8, 4) is 0 Å². The lowest BCUT2D eigenvalue weighted by Crippen LogP contribution is -2.41. The number of hydrogen-bond donors (Lipinski definition) is 0. The van der Waals surface area contributed by atoms with Gasteiger partial charge in [0.25, 0.3) is 0 Å². The summed E-state index contributed by atoms with van der Waals surface area (Å²) in [6.07, 6.45) is 8.66. The number of anilines is 1. The monoisotopic (exact) mass is 533 g/mol. The van der Waals surface area contributed by atoms with Crippen molar-refractivity contribution in [2.24, 2.45) is 11.3 Å². The molecule has 1 aliphatic carbocycles. The fourth-order valence-corrected chi connectivity index (χ4v) is 6.45. The summed E-state index contributed by atoms with van der Waals surface area (Å²) in [7, 11) is 0. The molecule has 1 atom stereocenters. The Morgan fingerprint density at radius 2 is 2.00 bits per heavy atom. The second kappa shape index (κ2) is 8.25. The lowest BCUT2D eigenvalue weighted by atomic mass is 9.71. The molecular formula is C20H22Cl2IN3S. The van der Waals surface area contributed by atoms with Gasteiger partial charge in [-0.2, -0.15) is 0 Å². The van der Waals surface area contributed by atoms with Crippen LogP contribution in [0.25, 0.3) is 0 Å². The van der Waals surface area contributed by atoms with Gasteiger partial charge in [-0.1, -0.05) is 60.8 Å². The van der Waals surface area contributed by atoms with Gasteiger partial charge in [-0.3, -0.25) is 0 Å². The molecule has 27 heavy (non-hydrogen) atoms. The Morgan fingerprint density at radius 1 is 1.22 bits per heavy atom. The number of benzene rings is 1. The van der Waals surface area contributed by atoms with Crippen LogP contribution in [0.2, 0.25) is 10.0 Å². The second-order valence-electron chi connectivity index (χ2n) is 7.62. The molecule has 1 aromatic heterocycles. The lowest BCUT2D eigenvalue weighted by Gasteiger charge is -2.42. The van der Waals surface area contributed by atoms with E-state index in [1.807, 2.05) is 18.3 Å². The normalized spacial score (nSPS) is 21.8. The van der Waals surface area contributed by atoms with Gasteiger partial charge in [0.05, 0.1) is 16.2 Å². The predicted octanol–water partition coefficient (Wildman–Crippen LogP) is 6.95. The van der Waals surface area contributed by atoms with Crippen LogP contribution >= 0.6 is 57.6 Å². The van der Waals surface area contributed by atoms with E-state index in [2.05, 4.69) is 39.4 Å². The van der Waals surface area contributed by atoms with Crippen LogP contribution in [0.4, 0.5) is 5.82 Å². The number of halogens is 3. The molecule has 2 aromatic rings. The third kappa shape index (κ3) is 4.07. The molecule has 1 aromatic carbocycles. The van der Waals surface area contributed by atoms with E-state index in [1.54, 1.807) is 6.07 Å². The van der Waals surface area contributed by atoms with Crippen molar-refractivity contribution in [2.45, 2.75) is 48.9 Å². The van der Waals surface area contributed by atoms with Gasteiger partial charge in [0.2, 0.25) is 0 Å². The lowest BCUT2D eigenvalue weighted by molar-refractivity contribution is 0.161. The summed E-state index contributed by atoms with van der Waals surface area (Å²) in [6.45, 7) is 4.61. The molecule has 0 bridgehead atoms. The van der Waals surface area contributed by atoms with Crippen LogP contribution in [0, 0.1) is 15.0 Å². The highest BCUT2D eigenvalue weighted by Gasteiger charge is 2.42. The fourth-order valence-electron chi connectivity index (χ4n) is 4.47. The Morgan fingerprint density at radius 3 is 2.67 bits per heavy atom. The summed E-state index contributed by atoms with van der Waals surface area (Å²) >= 11 is 16.2. The van der Waals surface area contributed by atoms with E-state index in [4.69, 9.17) is 28.2 Å². The molecule has 144 valence electrons. The van der Waals surface area contributed by atoms with Gasteiger partial charge in [-0.25, -0.2) is 9.97 Å². The first-order chi connectivity index (χ1) is 13.0. The summed E-state index contributed by atoms with van der Waals surface area (Å²) in [6, 6.07) is 5.65. The molecule has 0 N–H and O–H groups in total. The molecule has 2 aliphatic rings. The Kier molecular flexibility index (Phi) is 6.12. The van der Waals surface area contributed by atoms with Gasteiger partial charge >= 0.3 is 0 Å². The van der Waals surface area contributed by atoms with E-state index in [9.17, 15) is 0 Å². The van der Waals surface area contributed by atoms with E-state index in [1.165, 1.54) is 43.9 Å². The highest BCUT2D eigenvalue weighted by atomic mass is 127. The molecule has 7 heteroatoms. The highest BCUT2D eigenvalue weighted by molar-refractivity contribution is 14.1. The zero-order valence-corrected chi connectivity index (χ0v) is 19.7. The SMILES string of the molecule is C[C@@H]1CCCC12CCN(c1cnc(Sc3cccc(Cl)c3Cl)c(I)n1)CC2. The van der Waals surface area contributed by atoms with E-state index in [0.29, 0.717) is 15.5 Å². The Bertz CT molecular complexity index is 840. The van der Waals surface area contributed by atoms with Crippen molar-refractivity contribution in [3.05, 3.63) is 38.1 Å². The van der Waals surface area contributed by atoms with E-state index < -0.39 is 0 Å². The van der Waals surface area contributed by atoms with Gasteiger partial charge in [0.15, 0.2) is 0 Å². The zero-order chi connectivity index (χ0) is 19.0. The van der Waals surface area contributed by atoms with Gasteiger partial charge in [0.1, 0.15) is 14.5 Å². The maximum absolute atomic E-state index is 6.31. The molecule has 1 saturated carbocycles. The van der Waals surface area contributed by atoms with Gasteiger partial charge in [-0.05, 0) is 65.3 Å². The van der Waals surface area contributed by atoms with Crippen LogP contribution in [0.1, 0.15) is 39.0 Å². The third-order valence-corrected chi connectivity index (χ3v) is 9.35. The highest BCUT2D eigenvalue weighted by Crippen LogP contribution is 2.50. The van der Waals surface area contributed by atoms with Crippen molar-refractivity contribution >= 4 is 63.4 Å². The molecule has 3 nitrogen and oxygen atoms in total. The second-order valence-corrected chi connectivity index (χ2v) is 10.5. The third-order valence-electron chi connectivity index (χ3n) is 6.25. The molecule has 0 unspecified atom stereocenters. The molecule has 4 rings (SSSR count). The maximum atomic E-state index is 6.31. The van der Waals surface area contributed by atoms with Crippen LogP contribution in [-0.2, 0) is 0 Å². The van der Waals surface area contributed by atoms with Crippen LogP contribution < -0.4 is 4.90 Å². The smallest absolute Gasteiger partial charge is 0.148 e. The maximum Gasteiger partial charge on any atom is 0.148 e. The van der Waals surface area contributed by atoms with Crippen molar-refractivity contribution in [3.63, 3.8) is 0 Å². The summed E-state index contributed by atoms with van der Waals surface area (Å²) < 4.78 is 0.903. The zero-order valence-electron chi connectivity index (χ0n) is 15.2. The Hall–Kier alpha value is -0.240. The van der Waals surface area contributed by atoms with E-state index in [0.717, 1.165) is 38.4 Å². The minimum absolute atomic E-state index is 0.560. The number of hydrogen-bond acceptors (Lipinski definition) is 4. The standard InChI is InChI=1S/C20H22Cl2IN3S/c1-13-4-3-7-20(13)8-10-26(11-9-20)16-12-24-19(18(23)25-16)27-15-6-2-5-14(21)17(15)22/h2,5-6,12-13H,3-4,7-11H2,1H3/t13-/m1/s1. The number of aromatic nitrogens is 2. The predicted molar refractivity (Wildman–Crippen MR) is 122 cm³/mol.